The van der Waals surface area contributed by atoms with Crippen molar-refractivity contribution >= 4 is 11.5 Å². The number of hydrogen-bond acceptors (Lipinski definition) is 3. The van der Waals surface area contributed by atoms with Crippen LogP contribution < -0.4 is 0 Å². The molecule has 0 radical (unpaired) electrons. The normalized spacial score (nSPS) is 11.6. The molecular weight excluding hydrogens is 286 g/mol. The number of nitrogens with zero attached hydrogens (tertiary/aromatic N) is 1. The molecule has 0 aliphatic carbocycles. The van der Waals surface area contributed by atoms with Gasteiger partial charge in [0, 0.05) is 6.54 Å². The van der Waals surface area contributed by atoms with Crippen LogP contribution in [0.3, 0.4) is 0 Å². The zero-order valence-electron chi connectivity index (χ0n) is 14.0. The maximum Gasteiger partial charge on any atom is 0.337 e. The molecule has 23 heavy (non-hydrogen) atoms. The molecule has 2 aromatic rings. The SMILES string of the molecule is COC(=O)c1ccc(C(=CCCN(C)C)c2ccccc2)cc1. The second kappa shape index (κ2) is 8.30. The smallest absolute Gasteiger partial charge is 0.337 e. The van der Waals surface area contributed by atoms with E-state index in [1.165, 1.54) is 18.2 Å². The molecule has 0 saturated carbocycles. The molecule has 0 spiro atoms. The lowest BCUT2D eigenvalue weighted by Crippen LogP contribution is -2.12. The number of hydrogen-bond donors (Lipinski definition) is 0. The van der Waals surface area contributed by atoms with Crippen LogP contribution in [0.5, 0.6) is 0 Å². The Labute approximate surface area is 138 Å². The summed E-state index contributed by atoms with van der Waals surface area (Å²) in [6.07, 6.45) is 3.22. The van der Waals surface area contributed by atoms with Gasteiger partial charge in [0.1, 0.15) is 0 Å². The van der Waals surface area contributed by atoms with Crippen molar-refractivity contribution < 1.29 is 9.53 Å². The van der Waals surface area contributed by atoms with Crippen LogP contribution >= 0.6 is 0 Å². The van der Waals surface area contributed by atoms with E-state index in [4.69, 9.17) is 4.74 Å². The van der Waals surface area contributed by atoms with Gasteiger partial charge in [0.05, 0.1) is 12.7 Å². The monoisotopic (exact) mass is 309 g/mol. The Morgan fingerprint density at radius 1 is 0.957 bits per heavy atom. The Hall–Kier alpha value is -2.39. The van der Waals surface area contributed by atoms with E-state index >= 15 is 0 Å². The molecule has 0 bridgehead atoms. The molecule has 0 unspecified atom stereocenters. The predicted molar refractivity (Wildman–Crippen MR) is 94.5 cm³/mol. The summed E-state index contributed by atoms with van der Waals surface area (Å²) in [4.78, 5) is 13.7. The van der Waals surface area contributed by atoms with Gasteiger partial charge in [0.25, 0.3) is 0 Å². The van der Waals surface area contributed by atoms with Gasteiger partial charge in [-0.1, -0.05) is 48.5 Å². The van der Waals surface area contributed by atoms with Crippen molar-refractivity contribution in [2.45, 2.75) is 6.42 Å². The summed E-state index contributed by atoms with van der Waals surface area (Å²) in [5.74, 6) is -0.311. The highest BCUT2D eigenvalue weighted by atomic mass is 16.5. The maximum atomic E-state index is 11.6. The first-order valence-electron chi connectivity index (χ1n) is 7.71. The molecule has 2 rings (SSSR count). The fourth-order valence-electron chi connectivity index (χ4n) is 2.39. The van der Waals surface area contributed by atoms with Crippen LogP contribution in [0.1, 0.15) is 27.9 Å². The molecule has 3 heteroatoms. The first-order chi connectivity index (χ1) is 11.1. The van der Waals surface area contributed by atoms with E-state index in [0.29, 0.717) is 5.56 Å². The Kier molecular flexibility index (Phi) is 6.12. The van der Waals surface area contributed by atoms with Gasteiger partial charge in [0.15, 0.2) is 0 Å². The van der Waals surface area contributed by atoms with Gasteiger partial charge in [-0.2, -0.15) is 0 Å². The number of carbonyl (C=O) groups excluding carboxylic acids is 1. The second-order valence-corrected chi connectivity index (χ2v) is 5.64. The van der Waals surface area contributed by atoms with Crippen molar-refractivity contribution in [2.75, 3.05) is 27.7 Å². The Balaban J connectivity index is 2.32. The van der Waals surface area contributed by atoms with Crippen LogP contribution in [0.15, 0.2) is 60.7 Å². The summed E-state index contributed by atoms with van der Waals surface area (Å²) < 4.78 is 4.75. The van der Waals surface area contributed by atoms with Crippen LogP contribution in [-0.2, 0) is 4.74 Å². The summed E-state index contributed by atoms with van der Waals surface area (Å²) in [6, 6.07) is 17.9. The van der Waals surface area contributed by atoms with Crippen molar-refractivity contribution in [1.29, 1.82) is 0 Å². The van der Waals surface area contributed by atoms with Crippen molar-refractivity contribution in [3.63, 3.8) is 0 Å². The first kappa shape index (κ1) is 17.0. The average molecular weight is 309 g/mol. The van der Waals surface area contributed by atoms with Gasteiger partial charge in [0.2, 0.25) is 0 Å². The van der Waals surface area contributed by atoms with Crippen LogP contribution in [0.4, 0.5) is 0 Å². The second-order valence-electron chi connectivity index (χ2n) is 5.64. The lowest BCUT2D eigenvalue weighted by atomic mass is 9.96. The molecule has 120 valence electrons. The summed E-state index contributed by atoms with van der Waals surface area (Å²) >= 11 is 0. The van der Waals surface area contributed by atoms with Crippen LogP contribution in [0.25, 0.3) is 5.57 Å². The van der Waals surface area contributed by atoms with E-state index in [1.807, 2.05) is 42.5 Å². The Bertz CT molecular complexity index is 658. The van der Waals surface area contributed by atoms with Crippen LogP contribution in [0, 0.1) is 0 Å². The fraction of sp³-hybridized carbons (Fsp3) is 0.250. The van der Waals surface area contributed by atoms with E-state index in [2.05, 4.69) is 37.2 Å². The first-order valence-corrected chi connectivity index (χ1v) is 7.71. The maximum absolute atomic E-state index is 11.6. The van der Waals surface area contributed by atoms with Crippen LogP contribution in [-0.4, -0.2) is 38.6 Å². The van der Waals surface area contributed by atoms with Crippen LogP contribution in [0.2, 0.25) is 0 Å². The topological polar surface area (TPSA) is 29.5 Å². The highest BCUT2D eigenvalue weighted by molar-refractivity contribution is 5.90. The number of carbonyl (C=O) groups is 1. The molecular formula is C20H23NO2. The zero-order valence-corrected chi connectivity index (χ0v) is 14.0. The van der Waals surface area contributed by atoms with E-state index < -0.39 is 0 Å². The number of rotatable bonds is 6. The lowest BCUT2D eigenvalue weighted by molar-refractivity contribution is 0.0600. The molecule has 0 heterocycles. The van der Waals surface area contributed by atoms with E-state index in [9.17, 15) is 4.79 Å². The van der Waals surface area contributed by atoms with Gasteiger partial charge in [-0.05, 0) is 49.3 Å². The molecule has 0 fully saturated rings. The van der Waals surface area contributed by atoms with Crippen molar-refractivity contribution in [3.05, 3.63) is 77.4 Å². The Morgan fingerprint density at radius 3 is 2.09 bits per heavy atom. The van der Waals surface area contributed by atoms with E-state index in [-0.39, 0.29) is 5.97 Å². The van der Waals surface area contributed by atoms with Gasteiger partial charge >= 0.3 is 5.97 Å². The number of esters is 1. The molecule has 0 saturated heterocycles. The van der Waals surface area contributed by atoms with E-state index in [0.717, 1.165) is 18.5 Å². The molecule has 0 aliphatic heterocycles. The molecule has 0 aromatic heterocycles. The quantitative estimate of drug-likeness (QED) is 0.759. The number of benzene rings is 2. The summed E-state index contributed by atoms with van der Waals surface area (Å²) in [5.41, 5.74) is 4.03. The predicted octanol–water partition coefficient (Wildman–Crippen LogP) is 3.86. The Morgan fingerprint density at radius 2 is 1.52 bits per heavy atom. The molecule has 0 aliphatic rings. The highest BCUT2D eigenvalue weighted by Crippen LogP contribution is 2.24. The minimum Gasteiger partial charge on any atom is -0.465 e. The third-order valence-corrected chi connectivity index (χ3v) is 3.63. The summed E-state index contributed by atoms with van der Waals surface area (Å²) in [7, 11) is 5.54. The van der Waals surface area contributed by atoms with Gasteiger partial charge in [-0.3, -0.25) is 0 Å². The minimum absolute atomic E-state index is 0.311. The molecule has 0 atom stereocenters. The van der Waals surface area contributed by atoms with E-state index in [1.54, 1.807) is 0 Å². The summed E-state index contributed by atoms with van der Waals surface area (Å²) in [5, 5.41) is 0. The largest absolute Gasteiger partial charge is 0.465 e. The zero-order chi connectivity index (χ0) is 16.7. The third-order valence-electron chi connectivity index (χ3n) is 3.63. The highest BCUT2D eigenvalue weighted by Gasteiger charge is 2.08. The van der Waals surface area contributed by atoms with Gasteiger partial charge < -0.3 is 9.64 Å². The average Bonchev–Trinajstić information content (AvgIpc) is 2.59. The minimum atomic E-state index is -0.311. The van der Waals surface area contributed by atoms with Gasteiger partial charge in [-0.25, -0.2) is 4.79 Å². The number of methoxy groups -OCH3 is 1. The number of ether oxygens (including phenoxy) is 1. The van der Waals surface area contributed by atoms with Crippen molar-refractivity contribution in [1.82, 2.24) is 4.90 Å². The fourth-order valence-corrected chi connectivity index (χ4v) is 2.39. The van der Waals surface area contributed by atoms with Crippen molar-refractivity contribution in [3.8, 4) is 0 Å². The standard InChI is InChI=1S/C20H23NO2/c1-21(2)15-7-10-19(16-8-5-4-6-9-16)17-11-13-18(14-12-17)20(22)23-3/h4-6,8-14H,7,15H2,1-3H3. The van der Waals surface area contributed by atoms with Crippen molar-refractivity contribution in [2.24, 2.45) is 0 Å². The lowest BCUT2D eigenvalue weighted by Gasteiger charge is -2.11. The summed E-state index contributed by atoms with van der Waals surface area (Å²) in [6.45, 7) is 0.997. The molecule has 2 aromatic carbocycles. The van der Waals surface area contributed by atoms with Gasteiger partial charge in [-0.15, -0.1) is 0 Å². The molecule has 3 nitrogen and oxygen atoms in total. The molecule has 0 N–H and O–H groups in total. The third kappa shape index (κ3) is 4.80. The molecule has 0 amide bonds.